The maximum absolute atomic E-state index is 5.96. The van der Waals surface area contributed by atoms with E-state index in [-0.39, 0.29) is 5.41 Å². The second kappa shape index (κ2) is 6.49. The van der Waals surface area contributed by atoms with Gasteiger partial charge in [0, 0.05) is 69.3 Å². The second-order valence-electron chi connectivity index (χ2n) is 7.01. The first-order valence-electron chi connectivity index (χ1n) is 8.52. The summed E-state index contributed by atoms with van der Waals surface area (Å²) in [6.45, 7) is 6.52. The van der Waals surface area contributed by atoms with Crippen LogP contribution < -0.4 is 4.90 Å². The van der Waals surface area contributed by atoms with Crippen LogP contribution in [0.4, 0.5) is 5.95 Å². The molecule has 0 saturated carbocycles. The molecule has 0 radical (unpaired) electrons. The Morgan fingerprint density at radius 1 is 1.21 bits per heavy atom. The number of rotatable bonds is 3. The molecule has 128 valence electrons. The Morgan fingerprint density at radius 2 is 2.08 bits per heavy atom. The van der Waals surface area contributed by atoms with Crippen molar-refractivity contribution in [2.75, 3.05) is 44.3 Å². The molecular weight excluding hydrogens is 304 g/mol. The zero-order valence-corrected chi connectivity index (χ0v) is 14.1. The van der Waals surface area contributed by atoms with Crippen LogP contribution in [0, 0.1) is 5.41 Å². The van der Waals surface area contributed by atoms with Crippen LogP contribution in [0.1, 0.15) is 12.0 Å². The second-order valence-corrected chi connectivity index (χ2v) is 7.01. The van der Waals surface area contributed by atoms with Gasteiger partial charge in [-0.05, 0) is 12.5 Å². The normalized spacial score (nSPS) is 25.3. The molecule has 24 heavy (non-hydrogen) atoms. The number of hydrogen-bond acceptors (Lipinski definition) is 6. The predicted octanol–water partition coefficient (Wildman–Crippen LogP) is 0.939. The van der Waals surface area contributed by atoms with Crippen molar-refractivity contribution in [3.8, 4) is 0 Å². The highest BCUT2D eigenvalue weighted by molar-refractivity contribution is 5.32. The van der Waals surface area contributed by atoms with E-state index in [0.29, 0.717) is 0 Å². The summed E-state index contributed by atoms with van der Waals surface area (Å²) in [7, 11) is 1.96. The number of aryl methyl sites for hydroxylation is 1. The minimum atomic E-state index is 0.165. The lowest BCUT2D eigenvalue weighted by molar-refractivity contribution is 0.0798. The molecule has 2 saturated heterocycles. The molecule has 0 bridgehead atoms. The van der Waals surface area contributed by atoms with Crippen LogP contribution in [-0.4, -0.2) is 64.0 Å². The largest absolute Gasteiger partial charge is 0.379 e. The van der Waals surface area contributed by atoms with E-state index in [9.17, 15) is 0 Å². The number of anilines is 1. The Morgan fingerprint density at radius 3 is 2.88 bits per heavy atom. The molecule has 1 atom stereocenters. The van der Waals surface area contributed by atoms with Crippen LogP contribution in [0.25, 0.3) is 0 Å². The van der Waals surface area contributed by atoms with Crippen LogP contribution in [0.2, 0.25) is 0 Å². The van der Waals surface area contributed by atoms with Gasteiger partial charge in [0.2, 0.25) is 5.95 Å². The van der Waals surface area contributed by atoms with Crippen molar-refractivity contribution < 1.29 is 4.74 Å². The van der Waals surface area contributed by atoms with Crippen molar-refractivity contribution in [1.82, 2.24) is 24.6 Å². The fraction of sp³-hybridized carbons (Fsp3) is 0.588. The molecule has 2 aliphatic rings. The Kier molecular flexibility index (Phi) is 4.20. The van der Waals surface area contributed by atoms with Gasteiger partial charge in [0.25, 0.3) is 0 Å². The highest BCUT2D eigenvalue weighted by atomic mass is 16.5. The molecule has 2 aliphatic heterocycles. The standard InChI is InChI=1S/C17H24N6O/c1-21-10-15(9-20-21)11-22-7-8-24-14-17(12-22)3-6-23(13-17)16-18-4-2-5-19-16/h2,4-5,9-10H,3,6-8,11-14H2,1H3/t17-/m1/s1. The van der Waals surface area contributed by atoms with Crippen molar-refractivity contribution in [1.29, 1.82) is 0 Å². The van der Waals surface area contributed by atoms with Gasteiger partial charge < -0.3 is 9.64 Å². The fourth-order valence-corrected chi connectivity index (χ4v) is 3.84. The third kappa shape index (κ3) is 3.27. The van der Waals surface area contributed by atoms with Crippen molar-refractivity contribution in [2.24, 2.45) is 12.5 Å². The lowest BCUT2D eigenvalue weighted by atomic mass is 9.87. The molecule has 0 amide bonds. The Hall–Kier alpha value is -1.99. The van der Waals surface area contributed by atoms with Crippen molar-refractivity contribution in [3.63, 3.8) is 0 Å². The number of aromatic nitrogens is 4. The summed E-state index contributed by atoms with van der Waals surface area (Å²) in [5.74, 6) is 0.831. The van der Waals surface area contributed by atoms with Gasteiger partial charge in [0.05, 0.1) is 19.4 Å². The van der Waals surface area contributed by atoms with Crippen LogP contribution in [0.3, 0.4) is 0 Å². The summed E-state index contributed by atoms with van der Waals surface area (Å²) in [6, 6.07) is 1.86. The molecule has 0 N–H and O–H groups in total. The molecule has 1 spiro atoms. The first-order chi connectivity index (χ1) is 11.7. The van der Waals surface area contributed by atoms with E-state index in [4.69, 9.17) is 4.74 Å². The zero-order valence-electron chi connectivity index (χ0n) is 14.1. The van der Waals surface area contributed by atoms with Gasteiger partial charge >= 0.3 is 0 Å². The fourth-order valence-electron chi connectivity index (χ4n) is 3.84. The highest BCUT2D eigenvalue weighted by Crippen LogP contribution is 2.35. The van der Waals surface area contributed by atoms with Gasteiger partial charge in [-0.2, -0.15) is 5.10 Å². The third-order valence-electron chi connectivity index (χ3n) is 4.96. The molecule has 2 aromatic heterocycles. The quantitative estimate of drug-likeness (QED) is 0.836. The van der Waals surface area contributed by atoms with Crippen LogP contribution >= 0.6 is 0 Å². The minimum Gasteiger partial charge on any atom is -0.379 e. The van der Waals surface area contributed by atoms with Crippen LogP contribution in [0.15, 0.2) is 30.9 Å². The minimum absolute atomic E-state index is 0.165. The van der Waals surface area contributed by atoms with E-state index in [1.54, 1.807) is 0 Å². The first kappa shape index (κ1) is 15.5. The smallest absolute Gasteiger partial charge is 0.225 e. The lowest BCUT2D eigenvalue weighted by Crippen LogP contribution is -2.40. The molecular formula is C17H24N6O. The van der Waals surface area contributed by atoms with Crippen LogP contribution in [-0.2, 0) is 18.3 Å². The molecule has 0 unspecified atom stereocenters. The van der Waals surface area contributed by atoms with Gasteiger partial charge in [0.1, 0.15) is 0 Å². The topological polar surface area (TPSA) is 59.3 Å². The predicted molar refractivity (Wildman–Crippen MR) is 90.6 cm³/mol. The summed E-state index contributed by atoms with van der Waals surface area (Å²) in [5, 5.41) is 4.28. The van der Waals surface area contributed by atoms with Gasteiger partial charge in [-0.3, -0.25) is 9.58 Å². The average Bonchev–Trinajstić information content (AvgIpc) is 3.13. The van der Waals surface area contributed by atoms with Gasteiger partial charge in [-0.25, -0.2) is 9.97 Å². The molecule has 2 fully saturated rings. The molecule has 0 aromatic carbocycles. The molecule has 7 heteroatoms. The molecule has 0 aliphatic carbocycles. The number of ether oxygens (including phenoxy) is 1. The monoisotopic (exact) mass is 328 g/mol. The zero-order chi connectivity index (χ0) is 16.4. The van der Waals surface area contributed by atoms with Crippen molar-refractivity contribution in [3.05, 3.63) is 36.4 Å². The van der Waals surface area contributed by atoms with Crippen molar-refractivity contribution >= 4 is 5.95 Å². The molecule has 4 heterocycles. The Labute approximate surface area is 142 Å². The molecule has 7 nitrogen and oxygen atoms in total. The van der Waals surface area contributed by atoms with Gasteiger partial charge in [-0.1, -0.05) is 0 Å². The van der Waals surface area contributed by atoms with E-state index >= 15 is 0 Å². The van der Waals surface area contributed by atoms with E-state index in [1.165, 1.54) is 5.56 Å². The van der Waals surface area contributed by atoms with E-state index < -0.39 is 0 Å². The Bertz CT molecular complexity index is 675. The maximum Gasteiger partial charge on any atom is 0.225 e. The van der Waals surface area contributed by atoms with Crippen LogP contribution in [0.5, 0.6) is 0 Å². The summed E-state index contributed by atoms with van der Waals surface area (Å²) < 4.78 is 7.82. The maximum atomic E-state index is 5.96. The van der Waals surface area contributed by atoms with E-state index in [1.807, 2.05) is 36.4 Å². The van der Waals surface area contributed by atoms with E-state index in [0.717, 1.165) is 58.3 Å². The van der Waals surface area contributed by atoms with E-state index in [2.05, 4.69) is 31.1 Å². The number of hydrogen-bond donors (Lipinski definition) is 0. The summed E-state index contributed by atoms with van der Waals surface area (Å²) in [6.07, 6.45) is 8.79. The van der Waals surface area contributed by atoms with Gasteiger partial charge in [0.15, 0.2) is 0 Å². The molecule has 2 aromatic rings. The number of nitrogens with zero attached hydrogens (tertiary/aromatic N) is 6. The average molecular weight is 328 g/mol. The van der Waals surface area contributed by atoms with Crippen molar-refractivity contribution in [2.45, 2.75) is 13.0 Å². The summed E-state index contributed by atoms with van der Waals surface area (Å²) >= 11 is 0. The highest BCUT2D eigenvalue weighted by Gasteiger charge is 2.41. The lowest BCUT2D eigenvalue weighted by Gasteiger charge is -2.31. The molecule has 4 rings (SSSR count). The first-order valence-corrected chi connectivity index (χ1v) is 8.52. The van der Waals surface area contributed by atoms with Gasteiger partial charge in [-0.15, -0.1) is 0 Å². The third-order valence-corrected chi connectivity index (χ3v) is 4.96. The SMILES string of the molecule is Cn1cc(CN2CCOC[C@]3(CCN(c4ncccn4)C3)C2)cn1. The summed E-state index contributed by atoms with van der Waals surface area (Å²) in [5.41, 5.74) is 1.42. The Balaban J connectivity index is 1.46. The summed E-state index contributed by atoms with van der Waals surface area (Å²) in [4.78, 5) is 13.6.